The molecule has 0 fully saturated rings. The summed E-state index contributed by atoms with van der Waals surface area (Å²) in [6, 6.07) is 12.5. The van der Waals surface area contributed by atoms with E-state index in [0.29, 0.717) is 16.3 Å². The summed E-state index contributed by atoms with van der Waals surface area (Å²) in [5, 5.41) is 9.73. The number of aliphatic hydroxyl groups excluding tert-OH is 1. The van der Waals surface area contributed by atoms with Crippen molar-refractivity contribution in [2.24, 2.45) is 12.0 Å². The summed E-state index contributed by atoms with van der Waals surface area (Å²) in [5.74, 6) is 0.207. The lowest BCUT2D eigenvalue weighted by molar-refractivity contribution is 0.277. The zero-order valence-corrected chi connectivity index (χ0v) is 18.8. The Morgan fingerprint density at radius 3 is 2.42 bits per heavy atom. The zero-order chi connectivity index (χ0) is 24.0. The molecule has 1 N–H and O–H groups in total. The van der Waals surface area contributed by atoms with Crippen molar-refractivity contribution >= 4 is 29.8 Å². The molecule has 0 radical (unpaired) electrons. The lowest BCUT2D eigenvalue weighted by Crippen LogP contribution is -2.43. The van der Waals surface area contributed by atoms with Crippen molar-refractivity contribution in [3.05, 3.63) is 85.8 Å². The molecule has 0 unspecified atom stereocenters. The predicted octanol–water partition coefficient (Wildman–Crippen LogP) is 3.10. The second-order valence-electron chi connectivity index (χ2n) is 7.26. The molecule has 0 aliphatic heterocycles. The standard InChI is InChI=1S/C23H24ClFN4O4/c1-26-21-20(22(31)29(12-3-13-30)23(32)27(21)2)28(14-16-4-8-18(25)9-5-16)15-33-19-10-6-17(24)7-11-19/h4-11,30H,1,3,12-15H2,2H3. The molecule has 0 spiro atoms. The van der Waals surface area contributed by atoms with Gasteiger partial charge in [-0.05, 0) is 55.1 Å². The average molecular weight is 475 g/mol. The molecule has 0 aliphatic rings. The maximum absolute atomic E-state index is 13.4. The number of halogens is 2. The van der Waals surface area contributed by atoms with E-state index in [1.165, 1.54) is 23.7 Å². The van der Waals surface area contributed by atoms with Crippen molar-refractivity contribution in [2.45, 2.75) is 19.5 Å². The van der Waals surface area contributed by atoms with Crippen LogP contribution >= 0.6 is 11.6 Å². The minimum Gasteiger partial charge on any atom is -0.473 e. The highest BCUT2D eigenvalue weighted by molar-refractivity contribution is 6.30. The topological polar surface area (TPSA) is 89.1 Å². The van der Waals surface area contributed by atoms with Crippen molar-refractivity contribution in [1.82, 2.24) is 9.13 Å². The molecule has 0 amide bonds. The molecule has 0 saturated carbocycles. The van der Waals surface area contributed by atoms with Crippen LogP contribution in [0.4, 0.5) is 15.9 Å². The molecule has 0 saturated heterocycles. The first-order chi connectivity index (χ1) is 15.8. The third kappa shape index (κ3) is 5.68. The van der Waals surface area contributed by atoms with Gasteiger partial charge < -0.3 is 14.7 Å². The summed E-state index contributed by atoms with van der Waals surface area (Å²) in [5.41, 5.74) is -0.347. The van der Waals surface area contributed by atoms with E-state index >= 15 is 0 Å². The highest BCUT2D eigenvalue weighted by Crippen LogP contribution is 2.25. The number of rotatable bonds is 10. The summed E-state index contributed by atoms with van der Waals surface area (Å²) < 4.78 is 21.6. The van der Waals surface area contributed by atoms with Crippen LogP contribution in [0.3, 0.4) is 0 Å². The smallest absolute Gasteiger partial charge is 0.332 e. The van der Waals surface area contributed by atoms with E-state index in [1.807, 2.05) is 0 Å². The summed E-state index contributed by atoms with van der Waals surface area (Å²) in [6.45, 7) is 3.48. The highest BCUT2D eigenvalue weighted by Gasteiger charge is 2.23. The van der Waals surface area contributed by atoms with Crippen molar-refractivity contribution in [2.75, 3.05) is 18.2 Å². The van der Waals surface area contributed by atoms with Crippen molar-refractivity contribution in [1.29, 1.82) is 0 Å². The second-order valence-corrected chi connectivity index (χ2v) is 7.69. The first-order valence-electron chi connectivity index (χ1n) is 10.1. The van der Waals surface area contributed by atoms with Gasteiger partial charge in [0.1, 0.15) is 17.3 Å². The lowest BCUT2D eigenvalue weighted by Gasteiger charge is -2.27. The molecular formula is C23H24ClFN4O4. The molecule has 3 rings (SSSR count). The molecule has 3 aromatic rings. The molecular weight excluding hydrogens is 451 g/mol. The highest BCUT2D eigenvalue weighted by atomic mass is 35.5. The Balaban J connectivity index is 2.09. The molecule has 2 aromatic carbocycles. The molecule has 0 atom stereocenters. The van der Waals surface area contributed by atoms with E-state index < -0.39 is 11.2 Å². The Morgan fingerprint density at radius 2 is 1.82 bits per heavy atom. The molecule has 0 bridgehead atoms. The fourth-order valence-corrected chi connectivity index (χ4v) is 3.43. The van der Waals surface area contributed by atoms with E-state index in [-0.39, 0.29) is 50.2 Å². The Morgan fingerprint density at radius 1 is 1.15 bits per heavy atom. The zero-order valence-electron chi connectivity index (χ0n) is 18.1. The van der Waals surface area contributed by atoms with E-state index in [4.69, 9.17) is 16.3 Å². The van der Waals surface area contributed by atoms with Gasteiger partial charge in [0.05, 0.1) is 0 Å². The SMILES string of the molecule is C=Nc1c(N(COc2ccc(Cl)cc2)Cc2ccc(F)cc2)c(=O)n(CCCO)c(=O)n1C. The number of hydrogen-bond acceptors (Lipinski definition) is 6. The van der Waals surface area contributed by atoms with Crippen LogP contribution in [0.2, 0.25) is 5.02 Å². The van der Waals surface area contributed by atoms with Gasteiger partial charge in [-0.3, -0.25) is 13.9 Å². The van der Waals surface area contributed by atoms with Gasteiger partial charge in [0, 0.05) is 31.8 Å². The van der Waals surface area contributed by atoms with Crippen LogP contribution < -0.4 is 20.9 Å². The fourth-order valence-electron chi connectivity index (χ4n) is 3.31. The number of aromatic nitrogens is 2. The molecule has 33 heavy (non-hydrogen) atoms. The maximum Gasteiger partial charge on any atom is 0.332 e. The van der Waals surface area contributed by atoms with Gasteiger partial charge in [0.2, 0.25) is 0 Å². The van der Waals surface area contributed by atoms with Gasteiger partial charge in [0.25, 0.3) is 5.56 Å². The first-order valence-corrected chi connectivity index (χ1v) is 10.5. The van der Waals surface area contributed by atoms with Crippen LogP contribution in [0.5, 0.6) is 5.75 Å². The molecule has 1 aromatic heterocycles. The van der Waals surface area contributed by atoms with Crippen LogP contribution in [0.1, 0.15) is 12.0 Å². The molecule has 10 heteroatoms. The van der Waals surface area contributed by atoms with Crippen molar-refractivity contribution in [3.63, 3.8) is 0 Å². The van der Waals surface area contributed by atoms with Crippen LogP contribution in [0.25, 0.3) is 0 Å². The molecule has 1 heterocycles. The Bertz CT molecular complexity index is 1220. The fraction of sp³-hybridized carbons (Fsp3) is 0.261. The number of benzene rings is 2. The van der Waals surface area contributed by atoms with Gasteiger partial charge in [-0.2, -0.15) is 0 Å². The summed E-state index contributed by atoms with van der Waals surface area (Å²) in [4.78, 5) is 31.6. The van der Waals surface area contributed by atoms with Crippen molar-refractivity contribution < 1.29 is 14.2 Å². The van der Waals surface area contributed by atoms with E-state index in [0.717, 1.165) is 4.57 Å². The number of nitrogens with zero attached hydrogens (tertiary/aromatic N) is 4. The predicted molar refractivity (Wildman–Crippen MR) is 126 cm³/mol. The van der Waals surface area contributed by atoms with Crippen LogP contribution in [-0.4, -0.2) is 34.3 Å². The Kier molecular flexibility index (Phi) is 8.02. The number of ether oxygens (including phenoxy) is 1. The summed E-state index contributed by atoms with van der Waals surface area (Å²) in [7, 11) is 1.49. The van der Waals surface area contributed by atoms with Crippen LogP contribution in [0, 0.1) is 5.82 Å². The lowest BCUT2D eigenvalue weighted by atomic mass is 10.2. The third-order valence-corrected chi connectivity index (χ3v) is 5.24. The number of anilines is 1. The summed E-state index contributed by atoms with van der Waals surface area (Å²) >= 11 is 5.93. The summed E-state index contributed by atoms with van der Waals surface area (Å²) in [6.07, 6.45) is 0.231. The Labute approximate surface area is 194 Å². The van der Waals surface area contributed by atoms with E-state index in [2.05, 4.69) is 11.7 Å². The van der Waals surface area contributed by atoms with Gasteiger partial charge in [-0.25, -0.2) is 14.2 Å². The van der Waals surface area contributed by atoms with E-state index in [1.54, 1.807) is 41.3 Å². The monoisotopic (exact) mass is 474 g/mol. The molecule has 8 nitrogen and oxygen atoms in total. The molecule has 0 aliphatic carbocycles. The van der Waals surface area contributed by atoms with Gasteiger partial charge in [0.15, 0.2) is 12.5 Å². The first kappa shape index (κ1) is 24.2. The largest absolute Gasteiger partial charge is 0.473 e. The van der Waals surface area contributed by atoms with Crippen LogP contribution in [-0.2, 0) is 20.1 Å². The minimum atomic E-state index is -0.587. The average Bonchev–Trinajstić information content (AvgIpc) is 2.81. The molecule has 174 valence electrons. The second kappa shape index (κ2) is 10.9. The minimum absolute atomic E-state index is 0.0366. The number of aliphatic imine (C=N–C) groups is 1. The third-order valence-electron chi connectivity index (χ3n) is 4.99. The number of hydrogen-bond donors (Lipinski definition) is 1. The van der Waals surface area contributed by atoms with Gasteiger partial charge in [-0.15, -0.1) is 0 Å². The Hall–Kier alpha value is -3.43. The van der Waals surface area contributed by atoms with Gasteiger partial charge in [-0.1, -0.05) is 23.7 Å². The maximum atomic E-state index is 13.4. The van der Waals surface area contributed by atoms with E-state index in [9.17, 15) is 19.1 Å². The van der Waals surface area contributed by atoms with Crippen molar-refractivity contribution in [3.8, 4) is 5.75 Å². The van der Waals surface area contributed by atoms with Gasteiger partial charge >= 0.3 is 5.69 Å². The normalized spacial score (nSPS) is 10.8. The number of aliphatic hydroxyl groups is 1. The quantitative estimate of drug-likeness (QED) is 0.360. The van der Waals surface area contributed by atoms with Crippen LogP contribution in [0.15, 0.2) is 63.1 Å².